The molecule has 0 aromatic carbocycles. The highest BCUT2D eigenvalue weighted by atomic mass is 32.1. The van der Waals surface area contributed by atoms with E-state index in [4.69, 9.17) is 5.41 Å². The number of thiocarbonyl (C=S) groups is 1. The summed E-state index contributed by atoms with van der Waals surface area (Å²) in [6.07, 6.45) is 11.6. The lowest BCUT2D eigenvalue weighted by Crippen LogP contribution is -3.17. The molecule has 0 amide bonds. The van der Waals surface area contributed by atoms with E-state index in [-0.39, 0.29) is 0 Å². The molecular formula is C16H32N2S. The quantitative estimate of drug-likeness (QED) is 0.430. The Bertz CT molecular complexity index is 237. The van der Waals surface area contributed by atoms with Crippen LogP contribution in [0.25, 0.3) is 5.41 Å². The van der Waals surface area contributed by atoms with Crippen LogP contribution in [0.1, 0.15) is 72.1 Å². The Morgan fingerprint density at radius 2 is 1.74 bits per heavy atom. The van der Waals surface area contributed by atoms with Crippen molar-refractivity contribution >= 4 is 17.4 Å². The van der Waals surface area contributed by atoms with Crippen molar-refractivity contribution in [1.82, 2.24) is 0 Å². The maximum atomic E-state index is 7.13. The number of unbranched alkanes of at least 4 members (excludes halogenated alkanes) is 5. The van der Waals surface area contributed by atoms with Gasteiger partial charge in [0, 0.05) is 5.92 Å². The van der Waals surface area contributed by atoms with E-state index in [0.717, 1.165) is 12.0 Å². The third kappa shape index (κ3) is 9.32. The van der Waals surface area contributed by atoms with Gasteiger partial charge in [-0.05, 0) is 32.6 Å². The lowest BCUT2D eigenvalue weighted by atomic mass is 9.92. The van der Waals surface area contributed by atoms with Gasteiger partial charge in [-0.25, -0.2) is 0 Å². The van der Waals surface area contributed by atoms with Gasteiger partial charge in [0.1, 0.15) is 0 Å². The van der Waals surface area contributed by atoms with Gasteiger partial charge >= 0.3 is 0 Å². The summed E-state index contributed by atoms with van der Waals surface area (Å²) in [4.78, 5) is 1.88. The van der Waals surface area contributed by atoms with Gasteiger partial charge in [-0.2, -0.15) is 5.16 Å². The topological polar surface area (TPSA) is 26.7 Å². The van der Waals surface area contributed by atoms with Crippen molar-refractivity contribution in [3.63, 3.8) is 0 Å². The fourth-order valence-electron chi connectivity index (χ4n) is 3.02. The van der Waals surface area contributed by atoms with Gasteiger partial charge in [-0.3, -0.25) is 0 Å². The second kappa shape index (κ2) is 12.8. The largest absolute Gasteiger partial charge is 0.753 e. The van der Waals surface area contributed by atoms with Gasteiger partial charge in [0.2, 0.25) is 0 Å². The molecule has 1 heterocycles. The van der Waals surface area contributed by atoms with Crippen molar-refractivity contribution in [3.8, 4) is 0 Å². The first-order valence-electron chi connectivity index (χ1n) is 8.03. The van der Waals surface area contributed by atoms with E-state index in [0.29, 0.717) is 0 Å². The number of quaternary nitrogens is 1. The molecule has 0 saturated carbocycles. The molecule has 0 radical (unpaired) electrons. The normalized spacial score (nSPS) is 26.2. The number of rotatable bonds is 7. The highest BCUT2D eigenvalue weighted by Crippen LogP contribution is 2.12. The molecule has 1 N–H and O–H groups in total. The fraction of sp³-hybridized carbons (Fsp3) is 0.938. The predicted molar refractivity (Wildman–Crippen MR) is 87.9 cm³/mol. The molecule has 3 atom stereocenters. The summed E-state index contributed by atoms with van der Waals surface area (Å²) in [5.74, 6) is 0.948. The van der Waals surface area contributed by atoms with Crippen molar-refractivity contribution in [2.24, 2.45) is 5.92 Å². The Balaban J connectivity index is 0.000000982. The van der Waals surface area contributed by atoms with Gasteiger partial charge < -0.3 is 10.3 Å². The van der Waals surface area contributed by atoms with Gasteiger partial charge in [-0.1, -0.05) is 51.7 Å². The molecule has 1 saturated heterocycles. The lowest BCUT2D eigenvalue weighted by Gasteiger charge is -2.34. The molecule has 2 nitrogen and oxygen atoms in total. The van der Waals surface area contributed by atoms with Crippen LogP contribution in [0.15, 0.2) is 0 Å². The van der Waals surface area contributed by atoms with E-state index < -0.39 is 0 Å². The van der Waals surface area contributed by atoms with Crippen LogP contribution in [-0.2, 0) is 0 Å². The van der Waals surface area contributed by atoms with Crippen LogP contribution >= 0.6 is 12.2 Å². The first kappa shape index (κ1) is 18.8. The minimum atomic E-state index is 0.907. The molecule has 1 aliphatic heterocycles. The zero-order valence-electron chi connectivity index (χ0n) is 13.1. The maximum Gasteiger partial charge on any atom is 0.0871 e. The Morgan fingerprint density at radius 3 is 2.37 bits per heavy atom. The third-order valence-electron chi connectivity index (χ3n) is 4.51. The van der Waals surface area contributed by atoms with Gasteiger partial charge in [-0.15, -0.1) is 0 Å². The molecule has 3 heteroatoms. The van der Waals surface area contributed by atoms with Crippen molar-refractivity contribution in [2.45, 2.75) is 78.2 Å². The molecule has 112 valence electrons. The zero-order chi connectivity index (χ0) is 14.5. The molecule has 0 spiro atoms. The molecular weight excluding hydrogens is 252 g/mol. The maximum absolute atomic E-state index is 7.13. The number of hydrogen-bond acceptors (Lipinski definition) is 1. The number of nitrogens with zero attached hydrogens (tertiary/aromatic N) is 1. The second-order valence-electron chi connectivity index (χ2n) is 5.93. The lowest BCUT2D eigenvalue weighted by molar-refractivity contribution is -0.932. The number of piperidine rings is 1. The number of isothiocyanates is 1. The van der Waals surface area contributed by atoms with Crippen molar-refractivity contribution in [1.29, 1.82) is 0 Å². The van der Waals surface area contributed by atoms with Crippen molar-refractivity contribution in [2.75, 3.05) is 13.1 Å². The van der Waals surface area contributed by atoms with E-state index in [2.05, 4.69) is 33.0 Å². The van der Waals surface area contributed by atoms with E-state index in [1.54, 1.807) is 0 Å². The Morgan fingerprint density at radius 1 is 1.16 bits per heavy atom. The zero-order valence-corrected chi connectivity index (χ0v) is 13.9. The first-order valence-corrected chi connectivity index (χ1v) is 8.44. The highest BCUT2D eigenvalue weighted by molar-refractivity contribution is 7.78. The summed E-state index contributed by atoms with van der Waals surface area (Å²) in [6.45, 7) is 10.0. The number of hydrogen-bond donors (Lipinski definition) is 1. The van der Waals surface area contributed by atoms with Crippen LogP contribution < -0.4 is 4.90 Å². The molecule has 19 heavy (non-hydrogen) atoms. The number of likely N-dealkylation sites (tertiary alicyclic amines) is 1. The minimum Gasteiger partial charge on any atom is -0.753 e. The monoisotopic (exact) mass is 284 g/mol. The SMILES string of the molecule is CCCCCCCC[NH+]1CCCC(C)C1C.[N-]=C=S. The average molecular weight is 285 g/mol. The highest BCUT2D eigenvalue weighted by Gasteiger charge is 2.27. The van der Waals surface area contributed by atoms with E-state index >= 15 is 0 Å². The Kier molecular flexibility index (Phi) is 12.6. The molecule has 0 aromatic heterocycles. The van der Waals surface area contributed by atoms with E-state index in [1.165, 1.54) is 69.6 Å². The Hall–Kier alpha value is -0.240. The summed E-state index contributed by atoms with van der Waals surface area (Å²) in [7, 11) is 0. The molecule has 1 fully saturated rings. The number of nitrogens with one attached hydrogen (secondary N) is 1. The van der Waals surface area contributed by atoms with Crippen LogP contribution in [0.5, 0.6) is 0 Å². The molecule has 0 aromatic rings. The minimum absolute atomic E-state index is 0.907. The summed E-state index contributed by atoms with van der Waals surface area (Å²) < 4.78 is 0. The van der Waals surface area contributed by atoms with Crippen molar-refractivity contribution < 1.29 is 4.90 Å². The summed E-state index contributed by atoms with van der Waals surface area (Å²) >= 11 is 3.70. The van der Waals surface area contributed by atoms with Gasteiger partial charge in [0.05, 0.1) is 19.1 Å². The van der Waals surface area contributed by atoms with Crippen LogP contribution in [0.3, 0.4) is 0 Å². The van der Waals surface area contributed by atoms with Crippen LogP contribution in [-0.4, -0.2) is 24.3 Å². The fourth-order valence-corrected chi connectivity index (χ4v) is 3.02. The molecule has 0 bridgehead atoms. The van der Waals surface area contributed by atoms with Gasteiger partial charge in [0.25, 0.3) is 0 Å². The van der Waals surface area contributed by atoms with E-state index in [1.807, 2.05) is 4.90 Å². The summed E-state index contributed by atoms with van der Waals surface area (Å²) in [5, 5.41) is 8.47. The van der Waals surface area contributed by atoms with Crippen molar-refractivity contribution in [3.05, 3.63) is 5.41 Å². The third-order valence-corrected chi connectivity index (χ3v) is 4.51. The van der Waals surface area contributed by atoms with Gasteiger partial charge in [0.15, 0.2) is 0 Å². The second-order valence-corrected chi connectivity index (χ2v) is 6.11. The molecule has 0 aliphatic carbocycles. The summed E-state index contributed by atoms with van der Waals surface area (Å²) in [5.41, 5.74) is 0. The van der Waals surface area contributed by atoms with Crippen LogP contribution in [0.2, 0.25) is 0 Å². The van der Waals surface area contributed by atoms with E-state index in [9.17, 15) is 0 Å². The Labute approximate surface area is 125 Å². The molecule has 1 aliphatic rings. The average Bonchev–Trinajstić information content (AvgIpc) is 2.39. The standard InChI is InChI=1S/C15H31N.CNS/c1-4-5-6-7-8-9-12-16-13-10-11-14(2)15(16)3;2-1-3/h14-15H,4-13H2,1-3H3;/q;-1/p+1. The predicted octanol–water partition coefficient (Wildman–Crippen LogP) is 3.71. The molecule has 1 rings (SSSR count). The van der Waals surface area contributed by atoms with Crippen LogP contribution in [0.4, 0.5) is 0 Å². The first-order chi connectivity index (χ1) is 9.17. The summed E-state index contributed by atoms with van der Waals surface area (Å²) in [6, 6.07) is 0.907. The molecule has 3 unspecified atom stereocenters. The smallest absolute Gasteiger partial charge is 0.0871 e. The van der Waals surface area contributed by atoms with Crippen LogP contribution in [0, 0.1) is 5.92 Å².